The number of anilines is 1. The van der Waals surface area contributed by atoms with E-state index in [-0.39, 0.29) is 16.3 Å². The Hall–Kier alpha value is -2.80. The van der Waals surface area contributed by atoms with Crippen molar-refractivity contribution in [2.75, 3.05) is 18.5 Å². The number of ether oxygens (including phenoxy) is 3. The highest BCUT2D eigenvalue weighted by Crippen LogP contribution is 2.38. The fraction of sp³-hybridized carbons (Fsp3) is 0.263. The van der Waals surface area contributed by atoms with Gasteiger partial charge >= 0.3 is 5.97 Å². The summed E-state index contributed by atoms with van der Waals surface area (Å²) in [4.78, 5) is 24.5. The quantitative estimate of drug-likeness (QED) is 0.801. The molecular formula is C19H17ClFNO5. The lowest BCUT2D eigenvalue weighted by Gasteiger charge is -2.20. The molecule has 0 saturated heterocycles. The second-order valence-electron chi connectivity index (χ2n) is 5.98. The minimum Gasteiger partial charge on any atom is -0.486 e. The maximum Gasteiger partial charge on any atom is 0.339 e. The molecule has 0 spiro atoms. The molecule has 1 N–H and O–H groups in total. The third-order valence-electron chi connectivity index (χ3n) is 3.92. The first kappa shape index (κ1) is 19.0. The van der Waals surface area contributed by atoms with Gasteiger partial charge in [-0.2, -0.15) is 0 Å². The van der Waals surface area contributed by atoms with Gasteiger partial charge in [-0.15, -0.1) is 0 Å². The lowest BCUT2D eigenvalue weighted by Crippen LogP contribution is -2.30. The Morgan fingerprint density at radius 2 is 1.96 bits per heavy atom. The third kappa shape index (κ3) is 4.31. The van der Waals surface area contributed by atoms with Crippen LogP contribution >= 0.6 is 11.6 Å². The van der Waals surface area contributed by atoms with E-state index in [0.717, 1.165) is 0 Å². The van der Waals surface area contributed by atoms with Gasteiger partial charge in [-0.3, -0.25) is 4.79 Å². The number of benzene rings is 2. The Morgan fingerprint density at radius 1 is 1.22 bits per heavy atom. The SMILES string of the molecule is Cc1ccc(NC(=O)[C@@H](C)OC(=O)c2cc(Cl)c3c(c2)OCCO3)cc1F. The van der Waals surface area contributed by atoms with Gasteiger partial charge in [0.15, 0.2) is 17.6 Å². The molecule has 0 aromatic heterocycles. The van der Waals surface area contributed by atoms with E-state index in [2.05, 4.69) is 5.32 Å². The summed E-state index contributed by atoms with van der Waals surface area (Å²) < 4.78 is 29.5. The monoisotopic (exact) mass is 393 g/mol. The summed E-state index contributed by atoms with van der Waals surface area (Å²) in [6, 6.07) is 7.13. The van der Waals surface area contributed by atoms with E-state index in [1.165, 1.54) is 25.1 Å². The van der Waals surface area contributed by atoms with E-state index in [9.17, 15) is 14.0 Å². The largest absolute Gasteiger partial charge is 0.486 e. The van der Waals surface area contributed by atoms with Crippen molar-refractivity contribution in [2.24, 2.45) is 0 Å². The number of carbonyl (C=O) groups excluding carboxylic acids is 2. The molecule has 0 unspecified atom stereocenters. The molecule has 0 fully saturated rings. The molecule has 3 rings (SSSR count). The summed E-state index contributed by atoms with van der Waals surface area (Å²) in [5, 5.41) is 2.72. The van der Waals surface area contributed by atoms with Crippen molar-refractivity contribution < 1.29 is 28.2 Å². The first-order valence-electron chi connectivity index (χ1n) is 8.22. The molecule has 1 aliphatic heterocycles. The molecule has 6 nitrogen and oxygen atoms in total. The molecule has 27 heavy (non-hydrogen) atoms. The van der Waals surface area contributed by atoms with Crippen molar-refractivity contribution in [3.8, 4) is 11.5 Å². The summed E-state index contributed by atoms with van der Waals surface area (Å²) >= 11 is 6.10. The molecule has 0 bridgehead atoms. The highest BCUT2D eigenvalue weighted by atomic mass is 35.5. The molecule has 8 heteroatoms. The summed E-state index contributed by atoms with van der Waals surface area (Å²) in [5.41, 5.74) is 0.863. The maximum atomic E-state index is 13.6. The van der Waals surface area contributed by atoms with Gasteiger partial charge < -0.3 is 19.5 Å². The van der Waals surface area contributed by atoms with Crippen molar-refractivity contribution in [1.82, 2.24) is 0 Å². The van der Waals surface area contributed by atoms with Crippen LogP contribution in [0.25, 0.3) is 0 Å². The van der Waals surface area contributed by atoms with E-state index >= 15 is 0 Å². The second kappa shape index (κ2) is 7.84. The van der Waals surface area contributed by atoms with Crippen LogP contribution in [0.4, 0.5) is 10.1 Å². The molecule has 2 aromatic rings. The van der Waals surface area contributed by atoms with Gasteiger partial charge in [-0.05, 0) is 43.7 Å². The fourth-order valence-corrected chi connectivity index (χ4v) is 2.69. The third-order valence-corrected chi connectivity index (χ3v) is 4.21. The van der Waals surface area contributed by atoms with Crippen molar-refractivity contribution in [1.29, 1.82) is 0 Å². The lowest BCUT2D eigenvalue weighted by atomic mass is 10.2. The molecular weight excluding hydrogens is 377 g/mol. The Balaban J connectivity index is 1.67. The molecule has 0 radical (unpaired) electrons. The lowest BCUT2D eigenvalue weighted by molar-refractivity contribution is -0.123. The van der Waals surface area contributed by atoms with Gasteiger partial charge in [0.05, 0.1) is 10.6 Å². The van der Waals surface area contributed by atoms with Crippen LogP contribution in [-0.2, 0) is 9.53 Å². The number of halogens is 2. The average Bonchev–Trinajstić information content (AvgIpc) is 2.64. The van der Waals surface area contributed by atoms with Crippen LogP contribution in [0.15, 0.2) is 30.3 Å². The van der Waals surface area contributed by atoms with Crippen LogP contribution < -0.4 is 14.8 Å². The fourth-order valence-electron chi connectivity index (χ4n) is 2.43. The van der Waals surface area contributed by atoms with E-state index < -0.39 is 23.8 Å². The molecule has 142 valence electrons. The zero-order valence-corrected chi connectivity index (χ0v) is 15.4. The van der Waals surface area contributed by atoms with Crippen molar-refractivity contribution in [3.05, 3.63) is 52.3 Å². The van der Waals surface area contributed by atoms with Gasteiger partial charge in [-0.25, -0.2) is 9.18 Å². The molecule has 1 amide bonds. The highest BCUT2D eigenvalue weighted by molar-refractivity contribution is 6.32. The minimum absolute atomic E-state index is 0.130. The number of amides is 1. The summed E-state index contributed by atoms with van der Waals surface area (Å²) in [6.45, 7) is 3.74. The molecule has 2 aromatic carbocycles. The first-order chi connectivity index (χ1) is 12.8. The molecule has 1 atom stereocenters. The summed E-state index contributed by atoms with van der Waals surface area (Å²) in [5.74, 6) is -1.06. The number of hydrogen-bond acceptors (Lipinski definition) is 5. The molecule has 1 heterocycles. The van der Waals surface area contributed by atoms with Gasteiger partial charge in [0.2, 0.25) is 0 Å². The van der Waals surface area contributed by atoms with Gasteiger partial charge in [-0.1, -0.05) is 17.7 Å². The van der Waals surface area contributed by atoms with Crippen LogP contribution in [0.3, 0.4) is 0 Å². The Labute approximate surface area is 160 Å². The number of nitrogens with one attached hydrogen (secondary N) is 1. The zero-order chi connectivity index (χ0) is 19.6. The normalized spacial score (nSPS) is 13.6. The zero-order valence-electron chi connectivity index (χ0n) is 14.7. The number of rotatable bonds is 4. The number of carbonyl (C=O) groups is 2. The van der Waals surface area contributed by atoms with Crippen molar-refractivity contribution in [3.63, 3.8) is 0 Å². The molecule has 0 aliphatic carbocycles. The van der Waals surface area contributed by atoms with E-state index in [1.54, 1.807) is 19.1 Å². The molecule has 0 saturated carbocycles. The van der Waals surface area contributed by atoms with E-state index in [0.29, 0.717) is 30.3 Å². The van der Waals surface area contributed by atoms with Gasteiger partial charge in [0, 0.05) is 5.69 Å². The van der Waals surface area contributed by atoms with Crippen molar-refractivity contribution >= 4 is 29.2 Å². The Bertz CT molecular complexity index is 902. The predicted molar refractivity (Wildman–Crippen MR) is 97.1 cm³/mol. The van der Waals surface area contributed by atoms with Crippen LogP contribution in [0.1, 0.15) is 22.8 Å². The standard InChI is InChI=1S/C19H17ClFNO5/c1-10-3-4-13(9-15(10)21)22-18(23)11(2)27-19(24)12-7-14(20)17-16(8-12)25-5-6-26-17/h3-4,7-9,11H,5-6H2,1-2H3,(H,22,23)/t11-/m1/s1. The average molecular weight is 394 g/mol. The highest BCUT2D eigenvalue weighted by Gasteiger charge is 2.23. The van der Waals surface area contributed by atoms with Crippen LogP contribution in [0.5, 0.6) is 11.5 Å². The minimum atomic E-state index is -1.10. The Kier molecular flexibility index (Phi) is 5.51. The topological polar surface area (TPSA) is 73.9 Å². The first-order valence-corrected chi connectivity index (χ1v) is 8.60. The van der Waals surface area contributed by atoms with Crippen molar-refractivity contribution in [2.45, 2.75) is 20.0 Å². The molecule has 1 aliphatic rings. The number of aryl methyl sites for hydroxylation is 1. The Morgan fingerprint density at radius 3 is 2.70 bits per heavy atom. The van der Waals surface area contributed by atoms with Gasteiger partial charge in [0.25, 0.3) is 5.91 Å². The van der Waals surface area contributed by atoms with Crippen LogP contribution in [0, 0.1) is 12.7 Å². The smallest absolute Gasteiger partial charge is 0.339 e. The predicted octanol–water partition coefficient (Wildman–Crippen LogP) is 3.74. The maximum absolute atomic E-state index is 13.6. The van der Waals surface area contributed by atoms with E-state index in [1.807, 2.05) is 0 Å². The van der Waals surface area contributed by atoms with Gasteiger partial charge in [0.1, 0.15) is 19.0 Å². The second-order valence-corrected chi connectivity index (χ2v) is 6.39. The summed E-state index contributed by atoms with van der Waals surface area (Å²) in [7, 11) is 0. The van der Waals surface area contributed by atoms with Crippen LogP contribution in [0.2, 0.25) is 5.02 Å². The van der Waals surface area contributed by atoms with E-state index in [4.69, 9.17) is 25.8 Å². The van der Waals surface area contributed by atoms with Crippen LogP contribution in [-0.4, -0.2) is 31.2 Å². The number of hydrogen-bond donors (Lipinski definition) is 1. The number of fused-ring (bicyclic) bond motifs is 1. The number of esters is 1. The summed E-state index contributed by atoms with van der Waals surface area (Å²) in [6.07, 6.45) is -1.10.